The summed E-state index contributed by atoms with van der Waals surface area (Å²) in [6.07, 6.45) is 2.58. The zero-order valence-electron chi connectivity index (χ0n) is 10.4. The largest absolute Gasteiger partial charge is 0.354 e. The molecule has 0 aromatic carbocycles. The Morgan fingerprint density at radius 2 is 2.00 bits per heavy atom. The summed E-state index contributed by atoms with van der Waals surface area (Å²) in [5.74, 6) is 0.115. The van der Waals surface area contributed by atoms with E-state index in [9.17, 15) is 9.59 Å². The van der Waals surface area contributed by atoms with E-state index >= 15 is 0 Å². The van der Waals surface area contributed by atoms with E-state index in [-0.39, 0.29) is 23.8 Å². The smallest absolute Gasteiger partial charge is 0.239 e. The van der Waals surface area contributed by atoms with Gasteiger partial charge in [-0.05, 0) is 32.4 Å². The maximum absolute atomic E-state index is 12.5. The van der Waals surface area contributed by atoms with Crippen molar-refractivity contribution in [3.8, 4) is 0 Å². The second-order valence-electron chi connectivity index (χ2n) is 5.24. The number of hydrogen-bond donors (Lipinski definition) is 2. The molecule has 5 heteroatoms. The molecule has 2 aliphatic heterocycles. The van der Waals surface area contributed by atoms with Crippen LogP contribution in [-0.2, 0) is 9.59 Å². The summed E-state index contributed by atoms with van der Waals surface area (Å²) in [5.41, 5.74) is -0.282. The van der Waals surface area contributed by atoms with Crippen LogP contribution in [-0.4, -0.2) is 49.4 Å². The molecule has 2 rings (SSSR count). The number of carbonyl (C=O) groups is 2. The van der Waals surface area contributed by atoms with Gasteiger partial charge in [0, 0.05) is 18.5 Å². The Balaban J connectivity index is 2.04. The average Bonchev–Trinajstić information content (AvgIpc) is 2.54. The maximum Gasteiger partial charge on any atom is 0.239 e. The highest BCUT2D eigenvalue weighted by Gasteiger charge is 2.38. The number of carbonyl (C=O) groups excluding carboxylic acids is 2. The molecule has 0 spiro atoms. The van der Waals surface area contributed by atoms with Crippen LogP contribution in [0.4, 0.5) is 0 Å². The van der Waals surface area contributed by atoms with Gasteiger partial charge in [-0.3, -0.25) is 9.59 Å². The van der Waals surface area contributed by atoms with Gasteiger partial charge in [-0.1, -0.05) is 6.92 Å². The van der Waals surface area contributed by atoms with Gasteiger partial charge < -0.3 is 15.5 Å². The van der Waals surface area contributed by atoms with Gasteiger partial charge in [0.05, 0.1) is 6.54 Å². The number of nitrogens with one attached hydrogen (secondary N) is 2. The quantitative estimate of drug-likeness (QED) is 0.662. The van der Waals surface area contributed by atoms with Crippen molar-refractivity contribution in [2.75, 3.05) is 32.7 Å². The molecule has 2 fully saturated rings. The molecule has 17 heavy (non-hydrogen) atoms. The molecule has 0 saturated carbocycles. The lowest BCUT2D eigenvalue weighted by molar-refractivity contribution is -0.145. The molecule has 0 atom stereocenters. The van der Waals surface area contributed by atoms with Crippen LogP contribution in [0.3, 0.4) is 0 Å². The normalized spacial score (nSPS) is 25.0. The molecule has 2 heterocycles. The van der Waals surface area contributed by atoms with E-state index < -0.39 is 0 Å². The number of hydrogen-bond acceptors (Lipinski definition) is 3. The minimum atomic E-state index is -0.282. The van der Waals surface area contributed by atoms with Crippen LogP contribution in [0.2, 0.25) is 0 Å². The molecule has 2 aliphatic rings. The minimum Gasteiger partial charge on any atom is -0.354 e. The van der Waals surface area contributed by atoms with Crippen molar-refractivity contribution in [1.82, 2.24) is 15.5 Å². The minimum absolute atomic E-state index is 0.0339. The number of rotatable bonds is 1. The maximum atomic E-state index is 12.5. The van der Waals surface area contributed by atoms with Crippen LogP contribution in [0.1, 0.15) is 26.2 Å². The fourth-order valence-electron chi connectivity index (χ4n) is 2.55. The Kier molecular flexibility index (Phi) is 3.66. The predicted molar refractivity (Wildman–Crippen MR) is 64.4 cm³/mol. The Morgan fingerprint density at radius 1 is 1.29 bits per heavy atom. The molecule has 96 valence electrons. The second kappa shape index (κ2) is 5.04. The van der Waals surface area contributed by atoms with E-state index in [0.717, 1.165) is 32.4 Å². The molecule has 2 saturated heterocycles. The fourth-order valence-corrected chi connectivity index (χ4v) is 2.55. The summed E-state index contributed by atoms with van der Waals surface area (Å²) < 4.78 is 0. The monoisotopic (exact) mass is 239 g/mol. The Labute approximate surface area is 102 Å². The number of piperidine rings is 1. The number of amides is 2. The van der Waals surface area contributed by atoms with Crippen molar-refractivity contribution in [3.63, 3.8) is 0 Å². The molecule has 2 amide bonds. The average molecular weight is 239 g/mol. The van der Waals surface area contributed by atoms with Gasteiger partial charge in [-0.2, -0.15) is 0 Å². The Hall–Kier alpha value is -1.10. The van der Waals surface area contributed by atoms with E-state index in [1.807, 2.05) is 6.92 Å². The van der Waals surface area contributed by atoms with Gasteiger partial charge in [-0.15, -0.1) is 0 Å². The van der Waals surface area contributed by atoms with Gasteiger partial charge in [0.2, 0.25) is 11.8 Å². The summed E-state index contributed by atoms with van der Waals surface area (Å²) in [4.78, 5) is 25.7. The summed E-state index contributed by atoms with van der Waals surface area (Å²) in [6.45, 7) is 5.41. The highest BCUT2D eigenvalue weighted by atomic mass is 16.2. The lowest BCUT2D eigenvalue weighted by Crippen LogP contribution is -2.49. The standard InChI is InChI=1S/C12H21N3O2/c1-12(3-6-13-7-4-12)11(17)15-8-2-5-14-10(16)9-15/h13H,2-9H2,1H3,(H,14,16). The van der Waals surface area contributed by atoms with Gasteiger partial charge in [0.15, 0.2) is 0 Å². The van der Waals surface area contributed by atoms with Gasteiger partial charge in [-0.25, -0.2) is 0 Å². The van der Waals surface area contributed by atoms with E-state index in [1.54, 1.807) is 4.90 Å². The summed E-state index contributed by atoms with van der Waals surface area (Å²) in [5, 5.41) is 6.07. The van der Waals surface area contributed by atoms with Crippen molar-refractivity contribution in [2.45, 2.75) is 26.2 Å². The van der Waals surface area contributed by atoms with Crippen LogP contribution < -0.4 is 10.6 Å². The summed E-state index contributed by atoms with van der Waals surface area (Å²) in [6, 6.07) is 0. The molecular weight excluding hydrogens is 218 g/mol. The zero-order chi connectivity index (χ0) is 12.3. The van der Waals surface area contributed by atoms with Crippen molar-refractivity contribution >= 4 is 11.8 Å². The SMILES string of the molecule is CC1(C(=O)N2CCCNC(=O)C2)CCNCC1. The lowest BCUT2D eigenvalue weighted by Gasteiger charge is -2.36. The van der Waals surface area contributed by atoms with Crippen molar-refractivity contribution in [3.05, 3.63) is 0 Å². The van der Waals surface area contributed by atoms with Crippen molar-refractivity contribution in [2.24, 2.45) is 5.41 Å². The van der Waals surface area contributed by atoms with Crippen LogP contribution >= 0.6 is 0 Å². The predicted octanol–water partition coefficient (Wildman–Crippen LogP) is -0.275. The van der Waals surface area contributed by atoms with E-state index in [2.05, 4.69) is 10.6 Å². The van der Waals surface area contributed by atoms with E-state index in [0.29, 0.717) is 13.1 Å². The van der Waals surface area contributed by atoms with Gasteiger partial charge >= 0.3 is 0 Å². The third kappa shape index (κ3) is 2.77. The molecule has 0 aromatic rings. The van der Waals surface area contributed by atoms with Crippen LogP contribution in [0, 0.1) is 5.41 Å². The molecule has 0 radical (unpaired) electrons. The lowest BCUT2D eigenvalue weighted by atomic mass is 9.79. The summed E-state index contributed by atoms with van der Waals surface area (Å²) in [7, 11) is 0. The van der Waals surface area contributed by atoms with Gasteiger partial charge in [0.1, 0.15) is 0 Å². The van der Waals surface area contributed by atoms with E-state index in [1.165, 1.54) is 0 Å². The van der Waals surface area contributed by atoms with Crippen LogP contribution in [0.5, 0.6) is 0 Å². The van der Waals surface area contributed by atoms with Crippen LogP contribution in [0.15, 0.2) is 0 Å². The molecule has 0 aromatic heterocycles. The third-order valence-corrected chi connectivity index (χ3v) is 3.77. The first-order valence-electron chi connectivity index (χ1n) is 6.39. The van der Waals surface area contributed by atoms with Crippen molar-refractivity contribution < 1.29 is 9.59 Å². The first kappa shape index (κ1) is 12.4. The fraction of sp³-hybridized carbons (Fsp3) is 0.833. The molecule has 2 N–H and O–H groups in total. The first-order chi connectivity index (χ1) is 8.12. The Bertz CT molecular complexity index is 311. The Morgan fingerprint density at radius 3 is 2.71 bits per heavy atom. The molecule has 0 bridgehead atoms. The summed E-state index contributed by atoms with van der Waals surface area (Å²) >= 11 is 0. The van der Waals surface area contributed by atoms with Crippen molar-refractivity contribution in [1.29, 1.82) is 0 Å². The first-order valence-corrected chi connectivity index (χ1v) is 6.39. The highest BCUT2D eigenvalue weighted by Crippen LogP contribution is 2.30. The number of nitrogens with zero attached hydrogens (tertiary/aromatic N) is 1. The molecule has 5 nitrogen and oxygen atoms in total. The van der Waals surface area contributed by atoms with Crippen LogP contribution in [0.25, 0.3) is 0 Å². The van der Waals surface area contributed by atoms with E-state index in [4.69, 9.17) is 0 Å². The highest BCUT2D eigenvalue weighted by molar-refractivity contribution is 5.88. The second-order valence-corrected chi connectivity index (χ2v) is 5.24. The molecular formula is C12H21N3O2. The molecule has 0 aliphatic carbocycles. The van der Waals surface area contributed by atoms with Gasteiger partial charge in [0.25, 0.3) is 0 Å². The molecule has 0 unspecified atom stereocenters. The zero-order valence-corrected chi connectivity index (χ0v) is 10.4. The topological polar surface area (TPSA) is 61.4 Å². The third-order valence-electron chi connectivity index (χ3n) is 3.77.